The van der Waals surface area contributed by atoms with Crippen molar-refractivity contribution in [3.8, 4) is 22.6 Å². The van der Waals surface area contributed by atoms with E-state index >= 15 is 0 Å². The van der Waals surface area contributed by atoms with Crippen LogP contribution in [0.25, 0.3) is 22.6 Å². The third-order valence-electron chi connectivity index (χ3n) is 2.76. The van der Waals surface area contributed by atoms with Crippen LogP contribution < -0.4 is 0 Å². The minimum absolute atomic E-state index is 0.872. The van der Waals surface area contributed by atoms with Crippen LogP contribution in [0.1, 0.15) is 0 Å². The molecule has 0 atom stereocenters. The van der Waals surface area contributed by atoms with Gasteiger partial charge >= 0.3 is 0 Å². The number of nitrogens with zero attached hydrogens (tertiary/aromatic N) is 4. The van der Waals surface area contributed by atoms with Gasteiger partial charge in [0.25, 0.3) is 0 Å². The highest BCUT2D eigenvalue weighted by Crippen LogP contribution is 2.23. The predicted octanol–water partition coefficient (Wildman–Crippen LogP) is 2.54. The lowest BCUT2D eigenvalue weighted by Crippen LogP contribution is -1.94. The molecule has 0 aliphatic heterocycles. The normalized spacial score (nSPS) is 10.5. The van der Waals surface area contributed by atoms with Crippen LogP contribution in [0.15, 0.2) is 55.0 Å². The van der Waals surface area contributed by atoms with E-state index < -0.39 is 0 Å². The third kappa shape index (κ3) is 1.88. The first kappa shape index (κ1) is 10.7. The molecule has 0 unspecified atom stereocenters. The molecule has 0 radical (unpaired) electrons. The van der Waals surface area contributed by atoms with E-state index in [1.54, 1.807) is 12.4 Å². The molecule has 3 heterocycles. The van der Waals surface area contributed by atoms with Crippen LogP contribution in [-0.2, 0) is 7.05 Å². The van der Waals surface area contributed by atoms with E-state index in [1.807, 2.05) is 54.3 Å². The summed E-state index contributed by atoms with van der Waals surface area (Å²) in [5, 5.41) is 4.48. The van der Waals surface area contributed by atoms with E-state index in [-0.39, 0.29) is 0 Å². The molecule has 0 saturated heterocycles. The number of aryl methyl sites for hydroxylation is 1. The Hall–Kier alpha value is -2.49. The molecule has 4 heteroatoms. The molecule has 0 fully saturated rings. The second-order valence-corrected chi connectivity index (χ2v) is 4.00. The Morgan fingerprint density at radius 3 is 2.67 bits per heavy atom. The van der Waals surface area contributed by atoms with E-state index in [0.29, 0.717) is 0 Å². The summed E-state index contributed by atoms with van der Waals surface area (Å²) in [6, 6.07) is 11.8. The van der Waals surface area contributed by atoms with E-state index in [2.05, 4.69) is 15.1 Å². The fourth-order valence-electron chi connectivity index (χ4n) is 1.89. The van der Waals surface area contributed by atoms with Gasteiger partial charge in [-0.1, -0.05) is 6.07 Å². The standard InChI is InChI=1S/C14H12N4/c1-18-14(11-5-4-7-15-10-11)9-13(17-18)12-6-2-3-8-16-12/h2-10H,1H3. The fourth-order valence-corrected chi connectivity index (χ4v) is 1.89. The lowest BCUT2D eigenvalue weighted by molar-refractivity contribution is 0.777. The second kappa shape index (κ2) is 4.41. The molecule has 3 rings (SSSR count). The predicted molar refractivity (Wildman–Crippen MR) is 69.7 cm³/mol. The van der Waals surface area contributed by atoms with Gasteiger partial charge in [-0.3, -0.25) is 14.6 Å². The van der Waals surface area contributed by atoms with Crippen LogP contribution in [0.3, 0.4) is 0 Å². The average molecular weight is 236 g/mol. The molecular formula is C14H12N4. The molecule has 0 aliphatic carbocycles. The molecule has 4 nitrogen and oxygen atoms in total. The van der Waals surface area contributed by atoms with E-state index in [0.717, 1.165) is 22.6 Å². The van der Waals surface area contributed by atoms with Crippen molar-refractivity contribution in [1.82, 2.24) is 19.7 Å². The maximum atomic E-state index is 4.48. The summed E-state index contributed by atoms with van der Waals surface area (Å²) in [7, 11) is 1.93. The molecule has 18 heavy (non-hydrogen) atoms. The lowest BCUT2D eigenvalue weighted by atomic mass is 10.2. The minimum Gasteiger partial charge on any atom is -0.267 e. The first-order valence-electron chi connectivity index (χ1n) is 5.70. The summed E-state index contributed by atoms with van der Waals surface area (Å²) in [6.45, 7) is 0. The Balaban J connectivity index is 2.07. The number of hydrogen-bond acceptors (Lipinski definition) is 3. The fraction of sp³-hybridized carbons (Fsp3) is 0.0714. The van der Waals surface area contributed by atoms with E-state index in [9.17, 15) is 0 Å². The minimum atomic E-state index is 0.872. The van der Waals surface area contributed by atoms with Crippen molar-refractivity contribution in [3.05, 3.63) is 55.0 Å². The van der Waals surface area contributed by atoms with Gasteiger partial charge in [0.15, 0.2) is 0 Å². The van der Waals surface area contributed by atoms with Crippen LogP contribution in [0.2, 0.25) is 0 Å². The molecule has 0 N–H and O–H groups in total. The Kier molecular flexibility index (Phi) is 2.61. The molecule has 3 aromatic heterocycles. The third-order valence-corrected chi connectivity index (χ3v) is 2.76. The first-order chi connectivity index (χ1) is 8.84. The van der Waals surface area contributed by atoms with E-state index in [4.69, 9.17) is 0 Å². The summed E-state index contributed by atoms with van der Waals surface area (Å²) in [4.78, 5) is 8.43. The first-order valence-corrected chi connectivity index (χ1v) is 5.70. The number of pyridine rings is 2. The molecule has 0 aliphatic rings. The van der Waals surface area contributed by atoms with Gasteiger partial charge in [0.05, 0.1) is 11.4 Å². The zero-order chi connectivity index (χ0) is 12.4. The Bertz CT molecular complexity index is 644. The Morgan fingerprint density at radius 1 is 1.00 bits per heavy atom. The molecule has 3 aromatic rings. The molecular weight excluding hydrogens is 224 g/mol. The summed E-state index contributed by atoms with van der Waals surface area (Å²) in [5.74, 6) is 0. The second-order valence-electron chi connectivity index (χ2n) is 4.00. The molecule has 88 valence electrons. The van der Waals surface area contributed by atoms with Crippen LogP contribution in [0.4, 0.5) is 0 Å². The van der Waals surface area contributed by atoms with Crippen molar-refractivity contribution in [2.24, 2.45) is 7.05 Å². The van der Waals surface area contributed by atoms with Crippen molar-refractivity contribution in [2.45, 2.75) is 0 Å². The number of rotatable bonds is 2. The van der Waals surface area contributed by atoms with Crippen molar-refractivity contribution in [2.75, 3.05) is 0 Å². The topological polar surface area (TPSA) is 43.6 Å². The Morgan fingerprint density at radius 2 is 1.94 bits per heavy atom. The number of hydrogen-bond donors (Lipinski definition) is 0. The van der Waals surface area contributed by atoms with E-state index in [1.165, 1.54) is 0 Å². The maximum absolute atomic E-state index is 4.48. The zero-order valence-electron chi connectivity index (χ0n) is 9.99. The van der Waals surface area contributed by atoms with Gasteiger partial charge in [0.2, 0.25) is 0 Å². The largest absolute Gasteiger partial charge is 0.267 e. The summed E-state index contributed by atoms with van der Waals surface area (Å²) >= 11 is 0. The van der Waals surface area contributed by atoms with Gasteiger partial charge in [-0.25, -0.2) is 0 Å². The van der Waals surface area contributed by atoms with Gasteiger partial charge in [-0.15, -0.1) is 0 Å². The lowest BCUT2D eigenvalue weighted by Gasteiger charge is -1.99. The molecule has 0 saturated carbocycles. The van der Waals surface area contributed by atoms with Gasteiger partial charge in [-0.2, -0.15) is 5.10 Å². The highest BCUT2D eigenvalue weighted by atomic mass is 15.3. The number of aromatic nitrogens is 4. The van der Waals surface area contributed by atoms with Gasteiger partial charge < -0.3 is 0 Å². The van der Waals surface area contributed by atoms with Gasteiger partial charge in [0, 0.05) is 31.2 Å². The molecule has 0 aromatic carbocycles. The highest BCUT2D eigenvalue weighted by Gasteiger charge is 2.09. The van der Waals surface area contributed by atoms with Crippen LogP contribution in [0.5, 0.6) is 0 Å². The maximum Gasteiger partial charge on any atom is 0.111 e. The average Bonchev–Trinajstić information content (AvgIpc) is 2.83. The monoisotopic (exact) mass is 236 g/mol. The zero-order valence-corrected chi connectivity index (χ0v) is 9.99. The molecule has 0 amide bonds. The van der Waals surface area contributed by atoms with Crippen molar-refractivity contribution < 1.29 is 0 Å². The van der Waals surface area contributed by atoms with Gasteiger partial charge in [0.1, 0.15) is 5.69 Å². The van der Waals surface area contributed by atoms with Crippen LogP contribution in [0, 0.1) is 0 Å². The summed E-state index contributed by atoms with van der Waals surface area (Å²) in [5.41, 5.74) is 3.83. The van der Waals surface area contributed by atoms with Crippen LogP contribution in [-0.4, -0.2) is 19.7 Å². The molecule has 0 bridgehead atoms. The van der Waals surface area contributed by atoms with Crippen molar-refractivity contribution >= 4 is 0 Å². The SMILES string of the molecule is Cn1nc(-c2ccccn2)cc1-c1cccnc1. The Labute approximate surface area is 105 Å². The summed E-state index contributed by atoms with van der Waals surface area (Å²) < 4.78 is 1.85. The van der Waals surface area contributed by atoms with Gasteiger partial charge in [-0.05, 0) is 30.3 Å². The van der Waals surface area contributed by atoms with Crippen LogP contribution >= 0.6 is 0 Å². The van der Waals surface area contributed by atoms with Crippen molar-refractivity contribution in [1.29, 1.82) is 0 Å². The van der Waals surface area contributed by atoms with Crippen molar-refractivity contribution in [3.63, 3.8) is 0 Å². The smallest absolute Gasteiger partial charge is 0.111 e. The summed E-state index contributed by atoms with van der Waals surface area (Å²) in [6.07, 6.45) is 5.37. The highest BCUT2D eigenvalue weighted by molar-refractivity contribution is 5.66. The molecule has 0 spiro atoms. The quantitative estimate of drug-likeness (QED) is 0.686.